The van der Waals surface area contributed by atoms with Crippen LogP contribution in [0, 0.1) is 10.8 Å². The van der Waals surface area contributed by atoms with E-state index < -0.39 is 60.5 Å². The van der Waals surface area contributed by atoms with Gasteiger partial charge in [0.1, 0.15) is 0 Å². The minimum absolute atomic E-state index is 0.124. The largest absolute Gasteiger partial charge is 0.394 e. The number of carbonyl (C=O) groups excluding carboxylic acids is 2. The molecule has 0 aromatic heterocycles. The first kappa shape index (κ1) is 53.7. The number of nitrogens with zero attached hydrogens (tertiary/aromatic N) is 2. The molecule has 2 amide bonds. The normalized spacial score (nSPS) is 26.2. The zero-order valence-corrected chi connectivity index (χ0v) is 41.6. The number of hydrogen-bond donors (Lipinski definition) is 6. The highest BCUT2D eigenvalue weighted by molar-refractivity contribution is 6.31. The second kappa shape index (κ2) is 23.4. The van der Waals surface area contributed by atoms with E-state index in [-0.39, 0.29) is 48.6 Å². The van der Waals surface area contributed by atoms with Crippen LogP contribution in [0.5, 0.6) is 0 Å². The van der Waals surface area contributed by atoms with Crippen molar-refractivity contribution in [1.29, 1.82) is 0 Å². The molecule has 0 aliphatic carbocycles. The third-order valence-electron chi connectivity index (χ3n) is 13.6. The molecule has 2 heterocycles. The maximum atomic E-state index is 14.1. The molecule has 0 bridgehead atoms. The van der Waals surface area contributed by atoms with Gasteiger partial charge in [0.25, 0.3) is 0 Å². The number of benzene rings is 4. The predicted octanol–water partition coefficient (Wildman–Crippen LogP) is 9.92. The zero-order chi connectivity index (χ0) is 48.7. The van der Waals surface area contributed by atoms with E-state index in [2.05, 4.69) is 0 Å². The first-order valence-electron chi connectivity index (χ1n) is 22.8. The van der Waals surface area contributed by atoms with Gasteiger partial charge in [-0.05, 0) is 123 Å². The summed E-state index contributed by atoms with van der Waals surface area (Å²) in [6.45, 7) is 10.1. The third kappa shape index (κ3) is 12.3. The molecular formula is C52H66Cl4N2O8. The summed E-state index contributed by atoms with van der Waals surface area (Å²) in [4.78, 5) is 31.7. The summed E-state index contributed by atoms with van der Waals surface area (Å²) in [5.74, 6) is -0.570. The van der Waals surface area contributed by atoms with Crippen LogP contribution in [0.2, 0.25) is 20.1 Å². The second-order valence-corrected chi connectivity index (χ2v) is 20.5. The van der Waals surface area contributed by atoms with Crippen molar-refractivity contribution >= 4 is 58.2 Å². The summed E-state index contributed by atoms with van der Waals surface area (Å²) in [6, 6.07) is 28.6. The Bertz CT molecular complexity index is 2060. The number of carbonyl (C=O) groups is 2. The fourth-order valence-corrected chi connectivity index (χ4v) is 11.2. The second-order valence-electron chi connectivity index (χ2n) is 18.8. The molecule has 14 heteroatoms. The van der Waals surface area contributed by atoms with Crippen LogP contribution in [0.3, 0.4) is 0 Å². The lowest BCUT2D eigenvalue weighted by Crippen LogP contribution is -2.58. The van der Waals surface area contributed by atoms with E-state index in [0.29, 0.717) is 45.8 Å². The third-order valence-corrected chi connectivity index (χ3v) is 14.6. The molecule has 2 aliphatic rings. The molecule has 0 spiro atoms. The number of amides is 2. The highest BCUT2D eigenvalue weighted by atomic mass is 35.5. The van der Waals surface area contributed by atoms with Gasteiger partial charge >= 0.3 is 0 Å². The quantitative estimate of drug-likeness (QED) is 0.0647. The number of halogens is 4. The number of piperidine rings is 2. The molecular weight excluding hydrogens is 922 g/mol. The molecule has 4 aromatic rings. The molecule has 360 valence electrons. The number of likely N-dealkylation sites (tertiary alicyclic amines) is 2. The maximum Gasteiger partial charge on any atom is 0.229 e. The summed E-state index contributed by atoms with van der Waals surface area (Å²) in [5, 5.41) is 63.3. The first-order chi connectivity index (χ1) is 31.2. The van der Waals surface area contributed by atoms with Gasteiger partial charge in [0.2, 0.25) is 11.8 Å². The van der Waals surface area contributed by atoms with Gasteiger partial charge < -0.3 is 40.4 Å². The van der Waals surface area contributed by atoms with E-state index >= 15 is 0 Å². The molecule has 2 saturated heterocycles. The van der Waals surface area contributed by atoms with Gasteiger partial charge in [0.15, 0.2) is 0 Å². The molecule has 0 saturated carbocycles. The predicted molar refractivity (Wildman–Crippen MR) is 263 cm³/mol. The van der Waals surface area contributed by atoms with Crippen molar-refractivity contribution in [2.24, 2.45) is 10.8 Å². The average Bonchev–Trinajstić information content (AvgIpc) is 3.27. The van der Waals surface area contributed by atoms with Crippen molar-refractivity contribution in [1.82, 2.24) is 9.80 Å². The van der Waals surface area contributed by atoms with Gasteiger partial charge in [0.05, 0.1) is 61.8 Å². The lowest BCUT2D eigenvalue weighted by Gasteiger charge is -2.53. The van der Waals surface area contributed by atoms with Crippen LogP contribution in [0.1, 0.15) is 126 Å². The summed E-state index contributed by atoms with van der Waals surface area (Å²) in [6.07, 6.45) is -1.23. The fraction of sp³-hybridized carbons (Fsp3) is 0.500. The lowest BCUT2D eigenvalue weighted by atomic mass is 9.66. The monoisotopic (exact) mass is 986 g/mol. The standard InChI is InChI=1S/2C26H33Cl2NO4/c2*1-4-23(16(2)31)29-24(17-8-10-19(27)11-9-17)22(18-6-5-7-20(28)12-18)14-26(3,25(29)33)13-21(32)15-30/h2*5-12,16,21-24,30-32H,4,13-15H2,1-3H3/t16-,21+,22+,23-,24+,26-;16-,21-,22+,23-,24+,26-/m00/s1. The van der Waals surface area contributed by atoms with Gasteiger partial charge in [-0.1, -0.05) is 123 Å². The average molecular weight is 989 g/mol. The van der Waals surface area contributed by atoms with Crippen LogP contribution in [-0.2, 0) is 9.59 Å². The minimum Gasteiger partial charge on any atom is -0.394 e. The van der Waals surface area contributed by atoms with Crippen LogP contribution in [0.4, 0.5) is 0 Å². The van der Waals surface area contributed by atoms with Crippen LogP contribution in [-0.4, -0.2) is 102 Å². The van der Waals surface area contributed by atoms with E-state index in [1.54, 1.807) is 47.9 Å². The van der Waals surface area contributed by atoms with Crippen molar-refractivity contribution < 1.29 is 40.2 Å². The van der Waals surface area contributed by atoms with E-state index in [0.717, 1.165) is 22.3 Å². The molecule has 2 aliphatic heterocycles. The lowest BCUT2D eigenvalue weighted by molar-refractivity contribution is -0.161. The number of aliphatic hydroxyl groups is 6. The van der Waals surface area contributed by atoms with Gasteiger partial charge in [-0.25, -0.2) is 0 Å². The number of rotatable bonds is 16. The molecule has 10 nitrogen and oxygen atoms in total. The van der Waals surface area contributed by atoms with Crippen LogP contribution < -0.4 is 0 Å². The van der Waals surface area contributed by atoms with Crippen molar-refractivity contribution in [3.63, 3.8) is 0 Å². The Morgan fingerprint density at radius 2 is 0.879 bits per heavy atom. The van der Waals surface area contributed by atoms with E-state index in [1.807, 2.05) is 100 Å². The Labute approximate surface area is 410 Å². The number of aliphatic hydroxyl groups excluding tert-OH is 6. The highest BCUT2D eigenvalue weighted by Crippen LogP contribution is 2.54. The van der Waals surface area contributed by atoms with Crippen LogP contribution >= 0.6 is 46.4 Å². The molecule has 6 rings (SSSR count). The first-order valence-corrected chi connectivity index (χ1v) is 24.3. The molecule has 2 fully saturated rings. The van der Waals surface area contributed by atoms with Gasteiger partial charge in [-0.15, -0.1) is 0 Å². The highest BCUT2D eigenvalue weighted by Gasteiger charge is 2.54. The molecule has 0 radical (unpaired) electrons. The van der Waals surface area contributed by atoms with Crippen LogP contribution in [0.25, 0.3) is 0 Å². The van der Waals surface area contributed by atoms with E-state index in [1.165, 1.54) is 0 Å². The van der Waals surface area contributed by atoms with E-state index in [9.17, 15) is 40.2 Å². The molecule has 0 unspecified atom stereocenters. The fourth-order valence-electron chi connectivity index (χ4n) is 10.6. The Hall–Kier alpha value is -3.26. The Morgan fingerprint density at radius 1 is 0.545 bits per heavy atom. The van der Waals surface area contributed by atoms with Gasteiger partial charge in [-0.2, -0.15) is 0 Å². The zero-order valence-electron chi connectivity index (χ0n) is 38.6. The van der Waals surface area contributed by atoms with Crippen molar-refractivity contribution in [3.05, 3.63) is 139 Å². The molecule has 6 N–H and O–H groups in total. The smallest absolute Gasteiger partial charge is 0.229 e. The summed E-state index contributed by atoms with van der Waals surface area (Å²) in [5.41, 5.74) is 1.93. The minimum atomic E-state index is -1.01. The van der Waals surface area contributed by atoms with E-state index in [4.69, 9.17) is 46.4 Å². The van der Waals surface area contributed by atoms with Gasteiger partial charge in [-0.3, -0.25) is 9.59 Å². The Kier molecular flexibility index (Phi) is 19.0. The summed E-state index contributed by atoms with van der Waals surface area (Å²) in [7, 11) is 0. The Balaban J connectivity index is 0.000000247. The van der Waals surface area contributed by atoms with Gasteiger partial charge in [0, 0.05) is 42.8 Å². The van der Waals surface area contributed by atoms with Crippen molar-refractivity contribution in [2.45, 2.75) is 140 Å². The topological polar surface area (TPSA) is 162 Å². The SMILES string of the molecule is CC[C@@H]([C@H](C)O)N1C(=O)[C@@](C)(C[C@@H](O)CO)C[C@H](c2cccc(Cl)c2)[C@H]1c1ccc(Cl)cc1.CC[C@@H]([C@H](C)O)N1C(=O)[C@@](C)(C[C@H](O)CO)C[C@H](c2cccc(Cl)c2)[C@H]1c1ccc(Cl)cc1. The maximum absolute atomic E-state index is 14.1. The molecule has 66 heavy (non-hydrogen) atoms. The molecule has 4 aromatic carbocycles. The number of hydrogen-bond acceptors (Lipinski definition) is 8. The summed E-state index contributed by atoms with van der Waals surface area (Å²) >= 11 is 25.0. The molecule has 12 atom stereocenters. The van der Waals surface area contributed by atoms with Crippen molar-refractivity contribution in [3.8, 4) is 0 Å². The Morgan fingerprint density at radius 3 is 1.15 bits per heavy atom. The summed E-state index contributed by atoms with van der Waals surface area (Å²) < 4.78 is 0. The van der Waals surface area contributed by atoms with Crippen LogP contribution in [0.15, 0.2) is 97.1 Å². The van der Waals surface area contributed by atoms with Crippen molar-refractivity contribution in [2.75, 3.05) is 13.2 Å².